The number of rotatable bonds is 6. The largest absolute Gasteiger partial charge is 0.478 e. The second kappa shape index (κ2) is 7.70. The summed E-state index contributed by atoms with van der Waals surface area (Å²) in [5, 5.41) is 20.3. The van der Waals surface area contributed by atoms with Crippen LogP contribution in [0.15, 0.2) is 59.7 Å². The molecule has 0 spiro atoms. The zero-order valence-corrected chi connectivity index (χ0v) is 14.7. The number of aromatic carboxylic acids is 1. The number of carbonyl (C=O) groups is 2. The first-order chi connectivity index (χ1) is 13.3. The van der Waals surface area contributed by atoms with Crippen molar-refractivity contribution in [3.8, 4) is 5.75 Å². The molecule has 0 saturated carbocycles. The van der Waals surface area contributed by atoms with Crippen LogP contribution in [0.2, 0.25) is 0 Å². The van der Waals surface area contributed by atoms with Crippen molar-refractivity contribution >= 4 is 29.1 Å². The van der Waals surface area contributed by atoms with Gasteiger partial charge in [0.25, 0.3) is 5.69 Å². The van der Waals surface area contributed by atoms with Gasteiger partial charge in [-0.1, -0.05) is 12.1 Å². The van der Waals surface area contributed by atoms with E-state index in [-0.39, 0.29) is 17.0 Å². The number of nitro benzene ring substituents is 1. The van der Waals surface area contributed by atoms with Gasteiger partial charge in [-0.05, 0) is 29.8 Å². The Bertz CT molecular complexity index is 1010. The lowest BCUT2D eigenvalue weighted by Gasteiger charge is -2.27. The number of carboxylic acids is 1. The minimum Gasteiger partial charge on any atom is -0.478 e. The second-order valence-electron chi connectivity index (χ2n) is 5.89. The summed E-state index contributed by atoms with van der Waals surface area (Å²) in [5.41, 5.74) is 1.12. The molecule has 0 saturated heterocycles. The van der Waals surface area contributed by atoms with Gasteiger partial charge in [-0.25, -0.2) is 9.79 Å². The second-order valence-corrected chi connectivity index (χ2v) is 5.89. The summed E-state index contributed by atoms with van der Waals surface area (Å²) < 4.78 is 4.95. The number of esters is 1. The number of nitrogens with zero attached hydrogens (tertiary/aromatic N) is 3. The average Bonchev–Trinajstić information content (AvgIpc) is 2.59. The van der Waals surface area contributed by atoms with Crippen molar-refractivity contribution in [1.82, 2.24) is 0 Å². The third-order valence-electron chi connectivity index (χ3n) is 3.95. The number of non-ortho nitro benzene ring substituents is 1. The molecule has 0 amide bonds. The summed E-state index contributed by atoms with van der Waals surface area (Å²) in [4.78, 5) is 39.0. The van der Waals surface area contributed by atoms with Crippen LogP contribution in [0.25, 0.3) is 0 Å². The molecule has 142 valence electrons. The van der Waals surface area contributed by atoms with Gasteiger partial charge >= 0.3 is 11.9 Å². The van der Waals surface area contributed by atoms with Crippen LogP contribution in [0, 0.1) is 10.1 Å². The Morgan fingerprint density at radius 2 is 1.89 bits per heavy atom. The van der Waals surface area contributed by atoms with Crippen LogP contribution in [0.5, 0.6) is 5.75 Å². The van der Waals surface area contributed by atoms with Crippen LogP contribution < -0.4 is 9.64 Å². The predicted octanol–water partition coefficient (Wildman–Crippen LogP) is 3.15. The molecular formula is C19H15N3O6. The normalized spacial score (nSPS) is 12.0. The van der Waals surface area contributed by atoms with Gasteiger partial charge in [0.1, 0.15) is 17.1 Å². The molecule has 2 aromatic carbocycles. The molecule has 0 unspecified atom stereocenters. The molecule has 1 aliphatic heterocycles. The number of nitro groups is 1. The van der Waals surface area contributed by atoms with Gasteiger partial charge < -0.3 is 14.7 Å². The fraction of sp³-hybridized carbons (Fsp3) is 0.105. The Morgan fingerprint density at radius 3 is 2.39 bits per heavy atom. The monoisotopic (exact) mass is 381 g/mol. The van der Waals surface area contributed by atoms with Crippen molar-refractivity contribution < 1.29 is 24.4 Å². The van der Waals surface area contributed by atoms with E-state index in [4.69, 9.17) is 4.74 Å². The molecule has 0 fully saturated rings. The molecule has 0 bridgehead atoms. The molecule has 9 heteroatoms. The Hall–Kier alpha value is -4.01. The lowest BCUT2D eigenvalue weighted by Crippen LogP contribution is -2.31. The van der Waals surface area contributed by atoms with E-state index in [1.54, 1.807) is 35.4 Å². The first-order valence-corrected chi connectivity index (χ1v) is 8.16. The van der Waals surface area contributed by atoms with E-state index < -0.39 is 16.9 Å². The number of carboxylic acid groups (broad SMARTS) is 1. The highest BCUT2D eigenvalue weighted by Gasteiger charge is 2.20. The van der Waals surface area contributed by atoms with Gasteiger partial charge in [0.2, 0.25) is 0 Å². The lowest BCUT2D eigenvalue weighted by molar-refractivity contribution is -0.384. The molecule has 0 aromatic heterocycles. The fourth-order valence-electron chi connectivity index (χ4n) is 2.61. The molecule has 0 radical (unpaired) electrons. The number of ether oxygens (including phenoxy) is 1. The Morgan fingerprint density at radius 1 is 1.21 bits per heavy atom. The first kappa shape index (κ1) is 18.8. The van der Waals surface area contributed by atoms with Crippen LogP contribution in [0.1, 0.15) is 22.8 Å². The number of hydrogen-bond acceptors (Lipinski definition) is 7. The smallest absolute Gasteiger partial charge is 0.339 e. The van der Waals surface area contributed by atoms with E-state index in [0.717, 1.165) is 5.56 Å². The summed E-state index contributed by atoms with van der Waals surface area (Å²) in [6.45, 7) is 1.50. The van der Waals surface area contributed by atoms with E-state index in [1.165, 1.54) is 31.2 Å². The number of benzene rings is 2. The molecule has 0 aliphatic carbocycles. The Labute approximate surface area is 159 Å². The molecule has 2 aromatic rings. The fourth-order valence-corrected chi connectivity index (χ4v) is 2.61. The minimum absolute atomic E-state index is 0.0184. The number of anilines is 1. The highest BCUT2D eigenvalue weighted by Crippen LogP contribution is 2.28. The van der Waals surface area contributed by atoms with Gasteiger partial charge in [0.05, 0.1) is 4.92 Å². The summed E-state index contributed by atoms with van der Waals surface area (Å²) >= 11 is 0. The summed E-state index contributed by atoms with van der Waals surface area (Å²) in [7, 11) is 0. The topological polar surface area (TPSA) is 122 Å². The van der Waals surface area contributed by atoms with E-state index in [9.17, 15) is 24.8 Å². The number of amidine groups is 1. The standard InChI is InChI=1S/C19H15N3O6/c1-12(23)28-17-7-6-15(10-16(17)19(24)25)21(18-8-9-20-18)11-13-2-4-14(5-3-13)22(26)27/h2-10H,11H2,1H3,(H,24,25). The van der Waals surface area contributed by atoms with Crippen LogP contribution in [-0.4, -0.2) is 27.8 Å². The third-order valence-corrected chi connectivity index (χ3v) is 3.95. The highest BCUT2D eigenvalue weighted by atomic mass is 16.6. The summed E-state index contributed by atoms with van der Waals surface area (Å²) in [6.07, 6.45) is 3.36. The highest BCUT2D eigenvalue weighted by molar-refractivity contribution is 6.09. The van der Waals surface area contributed by atoms with Crippen molar-refractivity contribution in [3.63, 3.8) is 0 Å². The molecule has 1 aliphatic rings. The van der Waals surface area contributed by atoms with Crippen molar-refractivity contribution in [2.24, 2.45) is 4.99 Å². The summed E-state index contributed by atoms with van der Waals surface area (Å²) in [5.74, 6) is -1.30. The SMILES string of the molecule is CC(=O)Oc1ccc(N(Cc2ccc([N+](=O)[O-])cc2)C2=NC=C2)cc1C(=O)O. The van der Waals surface area contributed by atoms with E-state index in [1.807, 2.05) is 0 Å². The zero-order valence-electron chi connectivity index (χ0n) is 14.7. The number of hydrogen-bond donors (Lipinski definition) is 1. The van der Waals surface area contributed by atoms with Crippen LogP contribution >= 0.6 is 0 Å². The van der Waals surface area contributed by atoms with Crippen molar-refractivity contribution in [2.75, 3.05) is 4.90 Å². The van der Waals surface area contributed by atoms with Crippen molar-refractivity contribution in [1.29, 1.82) is 0 Å². The van der Waals surface area contributed by atoms with Crippen LogP contribution in [0.4, 0.5) is 11.4 Å². The minimum atomic E-state index is -1.24. The molecular weight excluding hydrogens is 366 g/mol. The quantitative estimate of drug-likeness (QED) is 0.353. The van der Waals surface area contributed by atoms with E-state index >= 15 is 0 Å². The van der Waals surface area contributed by atoms with Gasteiger partial charge in [0, 0.05) is 37.5 Å². The number of aliphatic imine (C=N–C) groups is 1. The maximum absolute atomic E-state index is 11.6. The molecule has 28 heavy (non-hydrogen) atoms. The maximum atomic E-state index is 11.6. The average molecular weight is 381 g/mol. The predicted molar refractivity (Wildman–Crippen MR) is 101 cm³/mol. The first-order valence-electron chi connectivity index (χ1n) is 8.16. The van der Waals surface area contributed by atoms with Gasteiger partial charge in [-0.2, -0.15) is 0 Å². The van der Waals surface area contributed by atoms with E-state index in [2.05, 4.69) is 4.99 Å². The van der Waals surface area contributed by atoms with Gasteiger partial charge in [-0.3, -0.25) is 14.9 Å². The molecule has 3 rings (SSSR count). The summed E-state index contributed by atoms with van der Waals surface area (Å²) in [6, 6.07) is 10.5. The molecule has 9 nitrogen and oxygen atoms in total. The number of carbonyl (C=O) groups excluding carboxylic acids is 1. The maximum Gasteiger partial charge on any atom is 0.339 e. The van der Waals surface area contributed by atoms with Crippen LogP contribution in [-0.2, 0) is 11.3 Å². The zero-order chi connectivity index (χ0) is 20.3. The van der Waals surface area contributed by atoms with Gasteiger partial charge in [0.15, 0.2) is 0 Å². The Kier molecular flexibility index (Phi) is 5.16. The van der Waals surface area contributed by atoms with Gasteiger partial charge in [-0.15, -0.1) is 0 Å². The van der Waals surface area contributed by atoms with E-state index in [0.29, 0.717) is 18.1 Å². The Balaban J connectivity index is 1.93. The third kappa shape index (κ3) is 4.04. The van der Waals surface area contributed by atoms with Crippen molar-refractivity contribution in [2.45, 2.75) is 13.5 Å². The molecule has 1 heterocycles. The van der Waals surface area contributed by atoms with Crippen molar-refractivity contribution in [3.05, 3.63) is 76.0 Å². The molecule has 0 atom stereocenters. The van der Waals surface area contributed by atoms with Crippen LogP contribution in [0.3, 0.4) is 0 Å². The lowest BCUT2D eigenvalue weighted by atomic mass is 10.1. The molecule has 1 N–H and O–H groups in total.